The van der Waals surface area contributed by atoms with Crippen molar-refractivity contribution in [3.63, 3.8) is 0 Å². The fraction of sp³-hybridized carbons (Fsp3) is 0.364. The van der Waals surface area contributed by atoms with Gasteiger partial charge < -0.3 is 10.3 Å². The Balaban J connectivity index is 2.82. The molecular weight excluding hydrogens is 210 g/mol. The molecular formula is C11H14ClN3. The first-order chi connectivity index (χ1) is 7.15. The highest BCUT2D eigenvalue weighted by Gasteiger charge is 2.13. The number of rotatable bonds is 2. The van der Waals surface area contributed by atoms with Crippen molar-refractivity contribution in [2.24, 2.45) is 5.73 Å². The van der Waals surface area contributed by atoms with Crippen LogP contribution in [0.15, 0.2) is 18.2 Å². The van der Waals surface area contributed by atoms with Crippen molar-refractivity contribution in [2.75, 3.05) is 0 Å². The summed E-state index contributed by atoms with van der Waals surface area (Å²) in [6.45, 7) is 4.64. The standard InChI is InChI=1S/C11H14ClN3/c1-7(2)15-10(6-13)14-9-5-3-4-8(12)11(9)15/h3-5,7H,6,13H2,1-2H3. The van der Waals surface area contributed by atoms with Crippen molar-refractivity contribution >= 4 is 22.6 Å². The third-order valence-corrected chi connectivity index (χ3v) is 2.74. The molecule has 15 heavy (non-hydrogen) atoms. The zero-order valence-corrected chi connectivity index (χ0v) is 9.62. The van der Waals surface area contributed by atoms with Gasteiger partial charge in [-0.3, -0.25) is 0 Å². The normalized spacial score (nSPS) is 11.5. The quantitative estimate of drug-likeness (QED) is 0.851. The molecule has 2 rings (SSSR count). The SMILES string of the molecule is CC(C)n1c(CN)nc2cccc(Cl)c21. The molecule has 0 saturated heterocycles. The second-order valence-electron chi connectivity index (χ2n) is 3.80. The van der Waals surface area contributed by atoms with Gasteiger partial charge in [-0.2, -0.15) is 0 Å². The van der Waals surface area contributed by atoms with Crippen LogP contribution in [-0.4, -0.2) is 9.55 Å². The second-order valence-corrected chi connectivity index (χ2v) is 4.21. The summed E-state index contributed by atoms with van der Waals surface area (Å²) in [5.74, 6) is 0.883. The third kappa shape index (κ3) is 1.62. The number of para-hydroxylation sites is 1. The van der Waals surface area contributed by atoms with E-state index in [9.17, 15) is 0 Å². The Hall–Kier alpha value is -1.06. The number of benzene rings is 1. The van der Waals surface area contributed by atoms with Gasteiger partial charge in [-0.1, -0.05) is 17.7 Å². The van der Waals surface area contributed by atoms with Gasteiger partial charge in [0.15, 0.2) is 0 Å². The van der Waals surface area contributed by atoms with Crippen LogP contribution in [0.25, 0.3) is 11.0 Å². The summed E-state index contributed by atoms with van der Waals surface area (Å²) in [6, 6.07) is 6.06. The topological polar surface area (TPSA) is 43.8 Å². The highest BCUT2D eigenvalue weighted by Crippen LogP contribution is 2.27. The maximum atomic E-state index is 6.17. The lowest BCUT2D eigenvalue weighted by Crippen LogP contribution is -2.10. The Labute approximate surface area is 93.9 Å². The fourth-order valence-electron chi connectivity index (χ4n) is 1.85. The fourth-order valence-corrected chi connectivity index (χ4v) is 2.12. The number of nitrogens with zero attached hydrogens (tertiary/aromatic N) is 2. The summed E-state index contributed by atoms with van der Waals surface area (Å²) in [6.07, 6.45) is 0. The van der Waals surface area contributed by atoms with Gasteiger partial charge in [0.2, 0.25) is 0 Å². The molecule has 0 saturated carbocycles. The molecule has 0 fully saturated rings. The van der Waals surface area contributed by atoms with Crippen LogP contribution in [-0.2, 0) is 6.54 Å². The van der Waals surface area contributed by atoms with Gasteiger partial charge >= 0.3 is 0 Å². The molecule has 2 aromatic rings. The molecule has 80 valence electrons. The summed E-state index contributed by atoms with van der Waals surface area (Å²) in [4.78, 5) is 4.47. The first kappa shape index (κ1) is 10.5. The van der Waals surface area contributed by atoms with Crippen molar-refractivity contribution in [3.8, 4) is 0 Å². The van der Waals surface area contributed by atoms with E-state index in [-0.39, 0.29) is 0 Å². The molecule has 0 unspecified atom stereocenters. The average Bonchev–Trinajstić information content (AvgIpc) is 2.57. The first-order valence-corrected chi connectivity index (χ1v) is 5.38. The van der Waals surface area contributed by atoms with Crippen LogP contribution >= 0.6 is 11.6 Å². The Morgan fingerprint density at radius 2 is 2.20 bits per heavy atom. The van der Waals surface area contributed by atoms with Crippen LogP contribution < -0.4 is 5.73 Å². The number of fused-ring (bicyclic) bond motifs is 1. The van der Waals surface area contributed by atoms with Crippen LogP contribution in [0.3, 0.4) is 0 Å². The molecule has 0 bridgehead atoms. The Kier molecular flexibility index (Phi) is 2.67. The minimum atomic E-state index is 0.313. The lowest BCUT2D eigenvalue weighted by molar-refractivity contribution is 0.585. The number of hydrogen-bond acceptors (Lipinski definition) is 2. The zero-order chi connectivity index (χ0) is 11.0. The van der Waals surface area contributed by atoms with Crippen LogP contribution in [0.4, 0.5) is 0 Å². The van der Waals surface area contributed by atoms with Gasteiger partial charge in [0.05, 0.1) is 22.6 Å². The highest BCUT2D eigenvalue weighted by atomic mass is 35.5. The summed E-state index contributed by atoms with van der Waals surface area (Å²) < 4.78 is 2.09. The van der Waals surface area contributed by atoms with Gasteiger partial charge in [-0.25, -0.2) is 4.98 Å². The van der Waals surface area contributed by atoms with Crippen molar-refractivity contribution in [2.45, 2.75) is 26.4 Å². The van der Waals surface area contributed by atoms with E-state index in [0.717, 1.165) is 21.9 Å². The summed E-state index contributed by atoms with van der Waals surface area (Å²) >= 11 is 6.17. The second kappa shape index (κ2) is 3.83. The molecule has 1 heterocycles. The minimum absolute atomic E-state index is 0.313. The molecule has 0 radical (unpaired) electrons. The predicted octanol–water partition coefficient (Wildman–Crippen LogP) is 2.73. The average molecular weight is 224 g/mol. The van der Waals surface area contributed by atoms with E-state index in [4.69, 9.17) is 17.3 Å². The van der Waals surface area contributed by atoms with Gasteiger partial charge in [-0.05, 0) is 26.0 Å². The van der Waals surface area contributed by atoms with Crippen LogP contribution in [0.2, 0.25) is 5.02 Å². The molecule has 4 heteroatoms. The summed E-state index contributed by atoms with van der Waals surface area (Å²) in [5, 5.41) is 0.730. The summed E-state index contributed by atoms with van der Waals surface area (Å²) in [5.41, 5.74) is 7.57. The van der Waals surface area contributed by atoms with Crippen LogP contribution in [0.5, 0.6) is 0 Å². The molecule has 3 nitrogen and oxygen atoms in total. The molecule has 0 spiro atoms. The zero-order valence-electron chi connectivity index (χ0n) is 8.87. The Morgan fingerprint density at radius 1 is 1.47 bits per heavy atom. The van der Waals surface area contributed by atoms with Crippen LogP contribution in [0, 0.1) is 0 Å². The lowest BCUT2D eigenvalue weighted by atomic mass is 10.3. The molecule has 0 aliphatic heterocycles. The molecule has 0 atom stereocenters. The number of nitrogens with two attached hydrogens (primary N) is 1. The minimum Gasteiger partial charge on any atom is -0.324 e. The maximum Gasteiger partial charge on any atom is 0.123 e. The first-order valence-electron chi connectivity index (χ1n) is 5.00. The number of imidazole rings is 1. The van der Waals surface area contributed by atoms with Gasteiger partial charge in [0, 0.05) is 6.04 Å². The maximum absolute atomic E-state index is 6.17. The monoisotopic (exact) mass is 223 g/mol. The molecule has 0 aliphatic rings. The smallest absolute Gasteiger partial charge is 0.123 e. The molecule has 0 aliphatic carbocycles. The van der Waals surface area contributed by atoms with E-state index in [1.54, 1.807) is 0 Å². The van der Waals surface area contributed by atoms with E-state index in [1.807, 2.05) is 18.2 Å². The highest BCUT2D eigenvalue weighted by molar-refractivity contribution is 6.35. The Bertz CT molecular complexity index is 488. The predicted molar refractivity (Wildman–Crippen MR) is 63.0 cm³/mol. The van der Waals surface area contributed by atoms with Gasteiger partial charge in [0.25, 0.3) is 0 Å². The lowest BCUT2D eigenvalue weighted by Gasteiger charge is -2.12. The summed E-state index contributed by atoms with van der Waals surface area (Å²) in [7, 11) is 0. The van der Waals surface area contributed by atoms with E-state index in [1.165, 1.54) is 0 Å². The Morgan fingerprint density at radius 3 is 2.80 bits per heavy atom. The van der Waals surface area contributed by atoms with E-state index < -0.39 is 0 Å². The van der Waals surface area contributed by atoms with Gasteiger partial charge in [0.1, 0.15) is 5.82 Å². The van der Waals surface area contributed by atoms with Crippen molar-refractivity contribution < 1.29 is 0 Å². The van der Waals surface area contributed by atoms with Crippen LogP contribution in [0.1, 0.15) is 25.7 Å². The molecule has 2 N–H and O–H groups in total. The van der Waals surface area contributed by atoms with Crippen molar-refractivity contribution in [3.05, 3.63) is 29.0 Å². The third-order valence-electron chi connectivity index (χ3n) is 2.43. The van der Waals surface area contributed by atoms with Gasteiger partial charge in [-0.15, -0.1) is 0 Å². The van der Waals surface area contributed by atoms with E-state index in [0.29, 0.717) is 12.6 Å². The number of hydrogen-bond donors (Lipinski definition) is 1. The largest absolute Gasteiger partial charge is 0.324 e. The van der Waals surface area contributed by atoms with Crippen molar-refractivity contribution in [1.29, 1.82) is 0 Å². The number of halogens is 1. The molecule has 1 aromatic heterocycles. The molecule has 1 aromatic carbocycles. The van der Waals surface area contributed by atoms with E-state index in [2.05, 4.69) is 23.4 Å². The van der Waals surface area contributed by atoms with E-state index >= 15 is 0 Å². The van der Waals surface area contributed by atoms with Crippen molar-refractivity contribution in [1.82, 2.24) is 9.55 Å². The number of aromatic nitrogens is 2. The molecule has 0 amide bonds.